The first-order chi connectivity index (χ1) is 11.2. The van der Waals surface area contributed by atoms with Crippen molar-refractivity contribution in [3.8, 4) is 11.5 Å². The third-order valence-corrected chi connectivity index (χ3v) is 4.99. The zero-order valence-electron chi connectivity index (χ0n) is 14.0. The first-order valence-electron chi connectivity index (χ1n) is 8.52. The molecule has 23 heavy (non-hydrogen) atoms. The number of halogens is 1. The smallest absolute Gasteiger partial charge is 0.134 e. The number of hydrogen-bond donors (Lipinski definition) is 1. The van der Waals surface area contributed by atoms with Gasteiger partial charge in [-0.1, -0.05) is 40.6 Å². The fraction of sp³-hybridized carbons (Fsp3) is 0.500. The average molecular weight is 379 g/mol. The van der Waals surface area contributed by atoms with Crippen LogP contribution >= 0.6 is 15.9 Å². The zero-order valence-corrected chi connectivity index (χ0v) is 15.6. The van der Waals surface area contributed by atoms with Gasteiger partial charge in [0.15, 0.2) is 0 Å². The number of alkyl halides is 1. The van der Waals surface area contributed by atoms with Crippen LogP contribution in [0, 0.1) is 0 Å². The second kappa shape index (κ2) is 9.17. The fourth-order valence-electron chi connectivity index (χ4n) is 3.31. The Labute approximate surface area is 148 Å². The van der Waals surface area contributed by atoms with Gasteiger partial charge in [-0.3, -0.25) is 0 Å². The van der Waals surface area contributed by atoms with Gasteiger partial charge in [-0.05, 0) is 63.1 Å². The van der Waals surface area contributed by atoms with E-state index in [-0.39, 0.29) is 5.92 Å². The Hall–Kier alpha value is -1.22. The van der Waals surface area contributed by atoms with Crippen molar-refractivity contribution in [1.82, 2.24) is 0 Å². The lowest BCUT2D eigenvalue weighted by molar-refractivity contribution is 0.432. The molecule has 0 saturated heterocycles. The molecule has 1 aliphatic rings. The highest BCUT2D eigenvalue weighted by atomic mass is 79.9. The van der Waals surface area contributed by atoms with E-state index in [4.69, 9.17) is 4.74 Å². The minimum Gasteiger partial charge on any atom is -0.507 e. The van der Waals surface area contributed by atoms with Crippen molar-refractivity contribution in [2.24, 2.45) is 0 Å². The zero-order chi connectivity index (χ0) is 16.7. The quantitative estimate of drug-likeness (QED) is 0.251. The van der Waals surface area contributed by atoms with Crippen LogP contribution in [0.25, 0.3) is 0 Å². The Bertz CT molecular complexity index is 563. The van der Waals surface area contributed by atoms with Crippen LogP contribution in [0.1, 0.15) is 62.5 Å². The van der Waals surface area contributed by atoms with E-state index in [2.05, 4.69) is 41.6 Å². The van der Waals surface area contributed by atoms with Gasteiger partial charge < -0.3 is 9.84 Å². The van der Waals surface area contributed by atoms with Gasteiger partial charge in [-0.2, -0.15) is 0 Å². The van der Waals surface area contributed by atoms with E-state index in [0.29, 0.717) is 5.75 Å². The average Bonchev–Trinajstić information content (AvgIpc) is 2.52. The summed E-state index contributed by atoms with van der Waals surface area (Å²) in [7, 11) is 0. The van der Waals surface area contributed by atoms with Gasteiger partial charge in [0.05, 0.1) is 6.26 Å². The van der Waals surface area contributed by atoms with Gasteiger partial charge in [-0.25, -0.2) is 0 Å². The Morgan fingerprint density at radius 1 is 1.35 bits per heavy atom. The van der Waals surface area contributed by atoms with Gasteiger partial charge in [0.2, 0.25) is 0 Å². The number of hydrogen-bond acceptors (Lipinski definition) is 2. The molecule has 2 nitrogen and oxygen atoms in total. The van der Waals surface area contributed by atoms with Crippen LogP contribution in [0.4, 0.5) is 0 Å². The summed E-state index contributed by atoms with van der Waals surface area (Å²) in [6, 6.07) is 3.99. The van der Waals surface area contributed by atoms with Crippen molar-refractivity contribution in [1.29, 1.82) is 0 Å². The van der Waals surface area contributed by atoms with E-state index in [0.717, 1.165) is 54.3 Å². The maximum absolute atomic E-state index is 10.6. The van der Waals surface area contributed by atoms with Gasteiger partial charge >= 0.3 is 0 Å². The highest BCUT2D eigenvalue weighted by Gasteiger charge is 2.22. The summed E-state index contributed by atoms with van der Waals surface area (Å²) in [4.78, 5) is 0. The molecule has 0 radical (unpaired) electrons. The van der Waals surface area contributed by atoms with Crippen LogP contribution in [-0.2, 0) is 6.42 Å². The number of phenols is 1. The van der Waals surface area contributed by atoms with Gasteiger partial charge in [0, 0.05) is 16.8 Å². The summed E-state index contributed by atoms with van der Waals surface area (Å²) in [5, 5.41) is 11.6. The molecular formula is C20H27BrO2. The molecule has 2 rings (SSSR count). The van der Waals surface area contributed by atoms with E-state index in [1.165, 1.54) is 24.7 Å². The molecule has 0 aliphatic heterocycles. The maximum Gasteiger partial charge on any atom is 0.134 e. The Morgan fingerprint density at radius 2 is 2.17 bits per heavy atom. The van der Waals surface area contributed by atoms with Crippen LogP contribution in [0.3, 0.4) is 0 Å². The highest BCUT2D eigenvalue weighted by Crippen LogP contribution is 2.42. The minimum atomic E-state index is 0.237. The lowest BCUT2D eigenvalue weighted by Crippen LogP contribution is -2.05. The molecule has 1 unspecified atom stereocenters. The van der Waals surface area contributed by atoms with Gasteiger partial charge in [-0.15, -0.1) is 0 Å². The molecule has 0 fully saturated rings. The number of benzene rings is 1. The number of ether oxygens (including phenoxy) is 1. The van der Waals surface area contributed by atoms with E-state index >= 15 is 0 Å². The molecular weight excluding hydrogens is 352 g/mol. The molecule has 0 amide bonds. The Kier molecular flexibility index (Phi) is 7.22. The normalized spacial score (nSPS) is 17.7. The maximum atomic E-state index is 10.6. The van der Waals surface area contributed by atoms with Crippen LogP contribution in [0.15, 0.2) is 36.6 Å². The van der Waals surface area contributed by atoms with E-state index in [9.17, 15) is 5.11 Å². The van der Waals surface area contributed by atoms with Crippen molar-refractivity contribution in [2.75, 3.05) is 5.33 Å². The summed E-state index contributed by atoms with van der Waals surface area (Å²) in [6.45, 7) is 5.84. The summed E-state index contributed by atoms with van der Waals surface area (Å²) < 4.78 is 5.64. The largest absolute Gasteiger partial charge is 0.507 e. The summed E-state index contributed by atoms with van der Waals surface area (Å²) in [5.74, 6) is 1.35. The number of aromatic hydroxyl groups is 1. The third kappa shape index (κ3) is 5.13. The summed E-state index contributed by atoms with van der Waals surface area (Å²) in [5.41, 5.74) is 3.44. The molecule has 0 saturated carbocycles. The van der Waals surface area contributed by atoms with E-state index < -0.39 is 0 Å². The van der Waals surface area contributed by atoms with Crippen LogP contribution < -0.4 is 4.74 Å². The molecule has 1 N–H and O–H groups in total. The van der Waals surface area contributed by atoms with Crippen molar-refractivity contribution in [2.45, 2.75) is 57.8 Å². The number of phenolic OH excluding ortho intramolecular Hbond substituents is 1. The van der Waals surface area contributed by atoms with Crippen molar-refractivity contribution >= 4 is 15.9 Å². The van der Waals surface area contributed by atoms with Crippen LogP contribution in [0.2, 0.25) is 0 Å². The van der Waals surface area contributed by atoms with Crippen molar-refractivity contribution in [3.63, 3.8) is 0 Å². The third-order valence-electron chi connectivity index (χ3n) is 4.43. The lowest BCUT2D eigenvalue weighted by Gasteiger charge is -2.23. The number of unbranched alkanes of at least 4 members (excludes halogenated alkanes) is 2. The number of rotatable bonds is 8. The van der Waals surface area contributed by atoms with Crippen LogP contribution in [-0.4, -0.2) is 10.4 Å². The monoisotopic (exact) mass is 378 g/mol. The molecule has 126 valence electrons. The Morgan fingerprint density at radius 3 is 2.87 bits per heavy atom. The highest BCUT2D eigenvalue weighted by molar-refractivity contribution is 9.09. The molecule has 0 aromatic heterocycles. The Balaban J connectivity index is 2.24. The SMILES string of the molecule is C=COc1cc(CCCCCBr)cc(O)c1C1C=C(C)CCC1. The number of allylic oxidation sites excluding steroid dienone is 2. The van der Waals surface area contributed by atoms with Crippen molar-refractivity contribution < 1.29 is 9.84 Å². The standard InChI is InChI=1S/C20H27BrO2/c1-3-23-19-14-16(9-5-4-6-11-21)13-18(22)20(19)17-10-7-8-15(2)12-17/h3,12-14,17,22H,1,4-11H2,2H3. The molecule has 1 aromatic carbocycles. The molecule has 0 heterocycles. The fourth-order valence-corrected chi connectivity index (χ4v) is 3.71. The minimum absolute atomic E-state index is 0.237. The molecule has 3 heteroatoms. The first-order valence-corrected chi connectivity index (χ1v) is 9.64. The summed E-state index contributed by atoms with van der Waals surface area (Å²) in [6.07, 6.45) is 11.6. The molecule has 1 aromatic rings. The lowest BCUT2D eigenvalue weighted by atomic mass is 9.84. The molecule has 1 atom stereocenters. The molecule has 0 bridgehead atoms. The second-order valence-electron chi connectivity index (χ2n) is 6.32. The molecule has 0 spiro atoms. The predicted molar refractivity (Wildman–Crippen MR) is 101 cm³/mol. The van der Waals surface area contributed by atoms with Gasteiger partial charge in [0.1, 0.15) is 11.5 Å². The molecule has 1 aliphatic carbocycles. The van der Waals surface area contributed by atoms with Gasteiger partial charge in [0.25, 0.3) is 0 Å². The predicted octanol–water partition coefficient (Wildman–Crippen LogP) is 6.24. The first kappa shape index (κ1) is 18.1. The second-order valence-corrected chi connectivity index (χ2v) is 7.12. The van der Waals surface area contributed by atoms with E-state index in [1.807, 2.05) is 6.07 Å². The number of aryl methyl sites for hydroxylation is 1. The van der Waals surface area contributed by atoms with E-state index in [1.54, 1.807) is 0 Å². The van der Waals surface area contributed by atoms with Crippen molar-refractivity contribution in [3.05, 3.63) is 47.7 Å². The summed E-state index contributed by atoms with van der Waals surface area (Å²) >= 11 is 3.46. The topological polar surface area (TPSA) is 29.5 Å². The van der Waals surface area contributed by atoms with Crippen LogP contribution in [0.5, 0.6) is 11.5 Å².